The zero-order chi connectivity index (χ0) is 7.65. The molecule has 3 N–H and O–H groups in total. The predicted molar refractivity (Wildman–Crippen MR) is 21.7 cm³/mol. The molecular weight excluding hydrogens is 139 g/mol. The van der Waals surface area contributed by atoms with Gasteiger partial charge in [-0.25, -0.2) is 18.0 Å². The molecule has 0 aliphatic heterocycles. The van der Waals surface area contributed by atoms with Gasteiger partial charge in [0.25, 0.3) is 6.43 Å². The van der Waals surface area contributed by atoms with Crippen molar-refractivity contribution in [3.8, 4) is 0 Å². The SMILES string of the molecule is NC(F)(C(=O)O)C(F)F. The highest BCUT2D eigenvalue weighted by Gasteiger charge is 2.44. The molecule has 0 heterocycles. The van der Waals surface area contributed by atoms with Gasteiger partial charge >= 0.3 is 11.8 Å². The van der Waals surface area contributed by atoms with Gasteiger partial charge in [-0.15, -0.1) is 0 Å². The van der Waals surface area contributed by atoms with Crippen molar-refractivity contribution in [1.82, 2.24) is 0 Å². The van der Waals surface area contributed by atoms with E-state index < -0.39 is 18.2 Å². The van der Waals surface area contributed by atoms with Crippen molar-refractivity contribution in [2.24, 2.45) is 5.73 Å². The second kappa shape index (κ2) is 2.22. The first-order chi connectivity index (χ1) is 3.89. The van der Waals surface area contributed by atoms with E-state index in [2.05, 4.69) is 5.73 Å². The molecular formula is C3H4F3NO2. The van der Waals surface area contributed by atoms with E-state index in [1.54, 1.807) is 0 Å². The van der Waals surface area contributed by atoms with Crippen LogP contribution in [-0.2, 0) is 4.79 Å². The summed E-state index contributed by atoms with van der Waals surface area (Å²) in [7, 11) is 0. The van der Waals surface area contributed by atoms with Crippen LogP contribution in [0.25, 0.3) is 0 Å². The monoisotopic (exact) mass is 143 g/mol. The van der Waals surface area contributed by atoms with Gasteiger partial charge in [0.15, 0.2) is 0 Å². The maximum Gasteiger partial charge on any atom is 0.362 e. The Morgan fingerprint density at radius 2 is 2.00 bits per heavy atom. The summed E-state index contributed by atoms with van der Waals surface area (Å²) in [6.07, 6.45) is -3.70. The Balaban J connectivity index is 4.19. The molecule has 0 aromatic heterocycles. The van der Waals surface area contributed by atoms with E-state index in [4.69, 9.17) is 5.11 Å². The number of rotatable bonds is 2. The molecule has 0 rings (SSSR count). The topological polar surface area (TPSA) is 63.3 Å². The van der Waals surface area contributed by atoms with Crippen LogP contribution in [0.1, 0.15) is 0 Å². The first-order valence-electron chi connectivity index (χ1n) is 1.88. The highest BCUT2D eigenvalue weighted by Crippen LogP contribution is 2.13. The molecule has 0 radical (unpaired) electrons. The minimum absolute atomic E-state index is 2.36. The molecule has 0 saturated carbocycles. The lowest BCUT2D eigenvalue weighted by molar-refractivity contribution is -0.161. The normalized spacial score (nSPS) is 17.4. The number of hydrogen-bond acceptors (Lipinski definition) is 2. The molecule has 54 valence electrons. The molecule has 0 aliphatic rings. The first kappa shape index (κ1) is 8.22. The van der Waals surface area contributed by atoms with Crippen LogP contribution in [0.15, 0.2) is 0 Å². The summed E-state index contributed by atoms with van der Waals surface area (Å²) in [5.74, 6) is -6.28. The molecule has 0 bridgehead atoms. The van der Waals surface area contributed by atoms with Crippen LogP contribution in [0.4, 0.5) is 13.2 Å². The summed E-state index contributed by atoms with van der Waals surface area (Å²) in [4.78, 5) is 9.48. The van der Waals surface area contributed by atoms with Gasteiger partial charge in [0.05, 0.1) is 0 Å². The largest absolute Gasteiger partial charge is 0.478 e. The molecule has 3 nitrogen and oxygen atoms in total. The van der Waals surface area contributed by atoms with Crippen molar-refractivity contribution in [3.05, 3.63) is 0 Å². The Morgan fingerprint density at radius 1 is 1.67 bits per heavy atom. The van der Waals surface area contributed by atoms with Crippen LogP contribution in [-0.4, -0.2) is 23.3 Å². The van der Waals surface area contributed by atoms with Crippen LogP contribution in [0.5, 0.6) is 0 Å². The van der Waals surface area contributed by atoms with Gasteiger partial charge in [-0.05, 0) is 0 Å². The van der Waals surface area contributed by atoms with E-state index >= 15 is 0 Å². The molecule has 0 fully saturated rings. The Bertz CT molecular complexity index is 124. The van der Waals surface area contributed by atoms with Crippen LogP contribution >= 0.6 is 0 Å². The smallest absolute Gasteiger partial charge is 0.362 e. The zero-order valence-electron chi connectivity index (χ0n) is 4.14. The molecule has 6 heteroatoms. The lowest BCUT2D eigenvalue weighted by Gasteiger charge is -2.11. The summed E-state index contributed by atoms with van der Waals surface area (Å²) >= 11 is 0. The number of carboxylic acids is 1. The van der Waals surface area contributed by atoms with Gasteiger partial charge in [0, 0.05) is 0 Å². The van der Waals surface area contributed by atoms with Gasteiger partial charge in [-0.2, -0.15) is 0 Å². The maximum atomic E-state index is 11.8. The van der Waals surface area contributed by atoms with Crippen LogP contribution in [0.3, 0.4) is 0 Å². The van der Waals surface area contributed by atoms with E-state index in [-0.39, 0.29) is 0 Å². The van der Waals surface area contributed by atoms with Crippen LogP contribution < -0.4 is 5.73 Å². The standard InChI is InChI=1S/C3H4F3NO2/c4-1(5)3(6,7)2(8)9/h1H,7H2,(H,8,9). The molecule has 0 aliphatic carbocycles. The summed E-state index contributed by atoms with van der Waals surface area (Å²) in [6, 6.07) is 0. The van der Waals surface area contributed by atoms with Gasteiger partial charge in [0.1, 0.15) is 0 Å². The highest BCUT2D eigenvalue weighted by molar-refractivity contribution is 5.76. The first-order valence-corrected chi connectivity index (χ1v) is 1.88. The fourth-order valence-corrected chi connectivity index (χ4v) is 0.0933. The molecule has 0 spiro atoms. The van der Waals surface area contributed by atoms with Crippen molar-refractivity contribution < 1.29 is 23.1 Å². The lowest BCUT2D eigenvalue weighted by Crippen LogP contribution is -2.49. The molecule has 1 unspecified atom stereocenters. The van der Waals surface area contributed by atoms with Crippen molar-refractivity contribution in [2.75, 3.05) is 0 Å². The van der Waals surface area contributed by atoms with Crippen LogP contribution in [0, 0.1) is 0 Å². The molecule has 0 aromatic carbocycles. The van der Waals surface area contributed by atoms with E-state index in [0.717, 1.165) is 0 Å². The minimum atomic E-state index is -3.92. The van der Waals surface area contributed by atoms with E-state index in [1.165, 1.54) is 0 Å². The van der Waals surface area contributed by atoms with Crippen molar-refractivity contribution in [1.29, 1.82) is 0 Å². The second-order valence-electron chi connectivity index (χ2n) is 1.37. The van der Waals surface area contributed by atoms with E-state index in [0.29, 0.717) is 0 Å². The third-order valence-corrected chi connectivity index (χ3v) is 0.645. The quantitative estimate of drug-likeness (QED) is 0.533. The van der Waals surface area contributed by atoms with Crippen LogP contribution in [0.2, 0.25) is 0 Å². The third kappa shape index (κ3) is 1.56. The maximum absolute atomic E-state index is 11.8. The predicted octanol–water partition coefficient (Wildman–Crippen LogP) is -0.0394. The molecule has 9 heavy (non-hydrogen) atoms. The van der Waals surface area contributed by atoms with Gasteiger partial charge in [-0.3, -0.25) is 5.73 Å². The Hall–Kier alpha value is -0.780. The number of hydrogen-bond donors (Lipinski definition) is 2. The number of nitrogens with two attached hydrogens (primary N) is 1. The second-order valence-corrected chi connectivity index (χ2v) is 1.37. The molecule has 0 saturated heterocycles. The fraction of sp³-hybridized carbons (Fsp3) is 0.667. The molecule has 0 amide bonds. The number of carbonyl (C=O) groups is 1. The lowest BCUT2D eigenvalue weighted by atomic mass is 10.3. The molecule has 1 atom stereocenters. The summed E-state index contributed by atoms with van der Waals surface area (Å²) in [6.45, 7) is 0. The zero-order valence-corrected chi connectivity index (χ0v) is 4.14. The average Bonchev–Trinajstić information content (AvgIpc) is 1.65. The Morgan fingerprint density at radius 3 is 2.00 bits per heavy atom. The molecule has 0 aromatic rings. The minimum Gasteiger partial charge on any atom is -0.478 e. The average molecular weight is 143 g/mol. The number of halogens is 3. The Labute approximate surface area is 48.3 Å². The van der Waals surface area contributed by atoms with Crippen molar-refractivity contribution in [3.63, 3.8) is 0 Å². The van der Waals surface area contributed by atoms with Gasteiger partial charge < -0.3 is 5.11 Å². The third-order valence-electron chi connectivity index (χ3n) is 0.645. The highest BCUT2D eigenvalue weighted by atomic mass is 19.3. The van der Waals surface area contributed by atoms with E-state index in [9.17, 15) is 18.0 Å². The number of carboxylic acid groups (broad SMARTS) is 1. The van der Waals surface area contributed by atoms with Gasteiger partial charge in [0.2, 0.25) is 0 Å². The van der Waals surface area contributed by atoms with E-state index in [1.807, 2.05) is 0 Å². The summed E-state index contributed by atoms with van der Waals surface area (Å²) in [5, 5.41) is 7.63. The van der Waals surface area contributed by atoms with Gasteiger partial charge in [-0.1, -0.05) is 0 Å². The van der Waals surface area contributed by atoms with Crippen molar-refractivity contribution in [2.45, 2.75) is 12.2 Å². The summed E-state index contributed by atoms with van der Waals surface area (Å²) in [5.41, 5.74) is 3.99. The summed E-state index contributed by atoms with van der Waals surface area (Å²) < 4.78 is 34.1. The number of aliphatic carboxylic acids is 1. The fourth-order valence-electron chi connectivity index (χ4n) is 0.0933. The van der Waals surface area contributed by atoms with Crippen molar-refractivity contribution >= 4 is 5.97 Å². The number of alkyl halides is 3. The Kier molecular flexibility index (Phi) is 2.03.